The van der Waals surface area contributed by atoms with Gasteiger partial charge in [0.2, 0.25) is 10.0 Å². The topological polar surface area (TPSA) is 82.6 Å². The first-order valence-corrected chi connectivity index (χ1v) is 12.8. The third kappa shape index (κ3) is 4.69. The number of thiazole rings is 1. The molecular weight excluding hydrogens is 444 g/mol. The van der Waals surface area contributed by atoms with Gasteiger partial charge in [-0.2, -0.15) is 4.31 Å². The number of carbonyl (C=O) groups is 1. The van der Waals surface area contributed by atoms with Gasteiger partial charge in [-0.3, -0.25) is 4.79 Å². The Morgan fingerprint density at radius 3 is 2.47 bits per heavy atom. The van der Waals surface area contributed by atoms with Gasteiger partial charge in [0.1, 0.15) is 10.7 Å². The van der Waals surface area contributed by atoms with E-state index >= 15 is 0 Å². The number of sulfonamides is 1. The fraction of sp³-hybridized carbons (Fsp3) is 0.304. The molecule has 168 valence electrons. The van der Waals surface area contributed by atoms with Crippen LogP contribution < -0.4 is 10.2 Å². The fourth-order valence-electron chi connectivity index (χ4n) is 3.70. The van der Waals surface area contributed by atoms with E-state index in [1.165, 1.54) is 15.6 Å². The van der Waals surface area contributed by atoms with Crippen LogP contribution in [0.1, 0.15) is 29.8 Å². The summed E-state index contributed by atoms with van der Waals surface area (Å²) in [5.74, 6) is -0.376. The van der Waals surface area contributed by atoms with E-state index in [1.54, 1.807) is 23.6 Å². The van der Waals surface area contributed by atoms with Crippen LogP contribution in [-0.2, 0) is 10.0 Å². The lowest BCUT2D eigenvalue weighted by atomic mass is 10.2. The number of benzene rings is 2. The summed E-state index contributed by atoms with van der Waals surface area (Å²) in [7, 11) is 0.0853. The molecule has 32 heavy (non-hydrogen) atoms. The van der Waals surface area contributed by atoms with E-state index < -0.39 is 10.0 Å². The molecule has 7 nitrogen and oxygen atoms in total. The highest BCUT2D eigenvalue weighted by Gasteiger charge is 2.27. The lowest BCUT2D eigenvalue weighted by Gasteiger charge is -2.26. The van der Waals surface area contributed by atoms with E-state index in [4.69, 9.17) is 0 Å². The van der Waals surface area contributed by atoms with Crippen LogP contribution >= 0.6 is 11.3 Å². The summed E-state index contributed by atoms with van der Waals surface area (Å²) in [4.78, 5) is 19.4. The minimum Gasteiger partial charge on any atom is -0.376 e. The monoisotopic (exact) mass is 470 g/mol. The Morgan fingerprint density at radius 1 is 1.06 bits per heavy atom. The lowest BCUT2D eigenvalue weighted by Crippen LogP contribution is -2.35. The first-order valence-electron chi connectivity index (χ1n) is 10.5. The molecule has 1 aliphatic rings. The Bertz CT molecular complexity index is 1200. The number of rotatable bonds is 6. The van der Waals surface area contributed by atoms with Crippen LogP contribution in [0.25, 0.3) is 10.6 Å². The first-order chi connectivity index (χ1) is 15.4. The van der Waals surface area contributed by atoms with E-state index in [2.05, 4.69) is 10.3 Å². The number of amides is 1. The molecule has 0 spiro atoms. The molecule has 4 rings (SSSR count). The molecule has 1 aliphatic heterocycles. The molecule has 1 fully saturated rings. The smallest absolute Gasteiger partial charge is 0.275 e. The van der Waals surface area contributed by atoms with Crippen molar-refractivity contribution in [3.8, 4) is 10.6 Å². The molecule has 2 heterocycles. The van der Waals surface area contributed by atoms with Gasteiger partial charge in [0.05, 0.1) is 16.3 Å². The second-order valence-electron chi connectivity index (χ2n) is 7.90. The van der Waals surface area contributed by atoms with Crippen LogP contribution in [-0.4, -0.2) is 50.8 Å². The number of hydrogen-bond donors (Lipinski definition) is 1. The molecule has 0 unspecified atom stereocenters. The summed E-state index contributed by atoms with van der Waals surface area (Å²) in [6.07, 6.45) is 2.78. The van der Waals surface area contributed by atoms with Crippen LogP contribution in [0.4, 0.5) is 11.4 Å². The van der Waals surface area contributed by atoms with Crippen LogP contribution in [0.15, 0.2) is 58.8 Å². The summed E-state index contributed by atoms with van der Waals surface area (Å²) in [5.41, 5.74) is 2.39. The van der Waals surface area contributed by atoms with Gasteiger partial charge in [0.25, 0.3) is 5.91 Å². The quantitative estimate of drug-likeness (QED) is 0.581. The van der Waals surface area contributed by atoms with E-state index in [1.807, 2.05) is 49.3 Å². The van der Waals surface area contributed by atoms with Gasteiger partial charge >= 0.3 is 0 Å². The SMILES string of the molecule is CN(C)c1ccc(S(=O)(=O)N2CCCCC2)cc1NC(=O)c1csc(-c2ccccc2)n1. The highest BCUT2D eigenvalue weighted by Crippen LogP contribution is 2.31. The van der Waals surface area contributed by atoms with Gasteiger partial charge in [-0.15, -0.1) is 11.3 Å². The molecule has 1 N–H and O–H groups in total. The van der Waals surface area contributed by atoms with Crippen molar-refractivity contribution in [3.63, 3.8) is 0 Å². The number of nitrogens with zero attached hydrogens (tertiary/aromatic N) is 3. The van der Waals surface area contributed by atoms with Gasteiger partial charge in [0.15, 0.2) is 0 Å². The van der Waals surface area contributed by atoms with Crippen molar-refractivity contribution in [3.05, 3.63) is 59.6 Å². The molecule has 0 bridgehead atoms. The van der Waals surface area contributed by atoms with Gasteiger partial charge in [-0.25, -0.2) is 13.4 Å². The fourth-order valence-corrected chi connectivity index (χ4v) is 6.05. The molecule has 0 saturated carbocycles. The van der Waals surface area contributed by atoms with Gasteiger partial charge in [0, 0.05) is 38.1 Å². The molecule has 0 atom stereocenters. The lowest BCUT2D eigenvalue weighted by molar-refractivity contribution is 0.102. The third-order valence-electron chi connectivity index (χ3n) is 5.41. The maximum absolute atomic E-state index is 13.1. The van der Waals surface area contributed by atoms with Crippen molar-refractivity contribution in [1.82, 2.24) is 9.29 Å². The van der Waals surface area contributed by atoms with Crippen molar-refractivity contribution in [2.24, 2.45) is 0 Å². The minimum atomic E-state index is -3.61. The van der Waals surface area contributed by atoms with Crippen molar-refractivity contribution < 1.29 is 13.2 Å². The van der Waals surface area contributed by atoms with Crippen molar-refractivity contribution >= 4 is 38.6 Å². The molecule has 1 saturated heterocycles. The third-order valence-corrected chi connectivity index (χ3v) is 8.19. The predicted molar refractivity (Wildman–Crippen MR) is 129 cm³/mol. The molecule has 0 radical (unpaired) electrons. The molecular formula is C23H26N4O3S2. The maximum atomic E-state index is 13.1. The molecule has 1 amide bonds. The first kappa shape index (κ1) is 22.4. The Kier molecular flexibility index (Phi) is 6.59. The zero-order valence-electron chi connectivity index (χ0n) is 18.1. The molecule has 1 aromatic heterocycles. The Hall–Kier alpha value is -2.75. The highest BCUT2D eigenvalue weighted by molar-refractivity contribution is 7.89. The predicted octanol–water partition coefficient (Wildman–Crippen LogP) is 4.30. The van der Waals surface area contributed by atoms with Crippen LogP contribution in [0, 0.1) is 0 Å². The van der Waals surface area contributed by atoms with Crippen molar-refractivity contribution in [2.45, 2.75) is 24.2 Å². The second kappa shape index (κ2) is 9.40. The van der Waals surface area contributed by atoms with E-state index in [-0.39, 0.29) is 10.8 Å². The zero-order valence-corrected chi connectivity index (χ0v) is 19.7. The largest absolute Gasteiger partial charge is 0.376 e. The maximum Gasteiger partial charge on any atom is 0.275 e. The van der Waals surface area contributed by atoms with Crippen LogP contribution in [0.3, 0.4) is 0 Å². The summed E-state index contributed by atoms with van der Waals surface area (Å²) >= 11 is 1.39. The second-order valence-corrected chi connectivity index (χ2v) is 10.7. The molecule has 9 heteroatoms. The van der Waals surface area contributed by atoms with E-state index in [9.17, 15) is 13.2 Å². The normalized spacial score (nSPS) is 14.8. The summed E-state index contributed by atoms with van der Waals surface area (Å²) in [6.45, 7) is 1.06. The Morgan fingerprint density at radius 2 is 1.78 bits per heavy atom. The Labute approximate surface area is 192 Å². The average molecular weight is 471 g/mol. The summed E-state index contributed by atoms with van der Waals surface area (Å²) in [5, 5.41) is 5.33. The number of nitrogens with one attached hydrogen (secondary N) is 1. The summed E-state index contributed by atoms with van der Waals surface area (Å²) < 4.78 is 27.8. The number of hydrogen-bond acceptors (Lipinski definition) is 6. The van der Waals surface area contributed by atoms with Gasteiger partial charge < -0.3 is 10.2 Å². The highest BCUT2D eigenvalue weighted by atomic mass is 32.2. The minimum absolute atomic E-state index is 0.184. The van der Waals surface area contributed by atoms with Crippen LogP contribution in [0.2, 0.25) is 0 Å². The number of piperidine rings is 1. The van der Waals surface area contributed by atoms with Crippen molar-refractivity contribution in [2.75, 3.05) is 37.4 Å². The molecule has 3 aromatic rings. The van der Waals surface area contributed by atoms with Crippen LogP contribution in [0.5, 0.6) is 0 Å². The average Bonchev–Trinajstić information content (AvgIpc) is 3.31. The number of carbonyl (C=O) groups excluding carboxylic acids is 1. The van der Waals surface area contributed by atoms with Crippen molar-refractivity contribution in [1.29, 1.82) is 0 Å². The van der Waals surface area contributed by atoms with Gasteiger partial charge in [-0.05, 0) is 31.0 Å². The number of anilines is 2. The van der Waals surface area contributed by atoms with E-state index in [0.717, 1.165) is 35.5 Å². The number of aromatic nitrogens is 1. The van der Waals surface area contributed by atoms with Gasteiger partial charge in [-0.1, -0.05) is 36.8 Å². The standard InChI is InChI=1S/C23H26N4O3S2/c1-26(2)21-12-11-18(32(29,30)27-13-7-4-8-14-27)15-19(21)24-22(28)20-16-31-23(25-20)17-9-5-3-6-10-17/h3,5-6,9-12,15-16H,4,7-8,13-14H2,1-2H3,(H,24,28). The summed E-state index contributed by atoms with van der Waals surface area (Å²) in [6, 6.07) is 14.5. The zero-order chi connectivity index (χ0) is 22.7. The molecule has 2 aromatic carbocycles. The molecule has 0 aliphatic carbocycles. The Balaban J connectivity index is 1.61. The van der Waals surface area contributed by atoms with E-state index in [0.29, 0.717) is 24.5 Å².